The summed E-state index contributed by atoms with van der Waals surface area (Å²) in [7, 11) is 0. The third-order valence-corrected chi connectivity index (χ3v) is 14.6. The van der Waals surface area contributed by atoms with Crippen LogP contribution >= 0.6 is 0 Å². The number of rotatable bonds is 11. The lowest BCUT2D eigenvalue weighted by Crippen LogP contribution is -2.45. The molecular weight excluding hydrogens is 879 g/mol. The van der Waals surface area contributed by atoms with E-state index in [1.165, 1.54) is 11.1 Å². The van der Waals surface area contributed by atoms with E-state index in [4.69, 9.17) is 0 Å². The van der Waals surface area contributed by atoms with Gasteiger partial charge in [0, 0.05) is 76.9 Å². The molecule has 0 saturated carbocycles. The summed E-state index contributed by atoms with van der Waals surface area (Å²) in [4.78, 5) is 4.55. The molecule has 0 bridgehead atoms. The van der Waals surface area contributed by atoms with Gasteiger partial charge in [0.1, 0.15) is 5.69 Å². The minimum absolute atomic E-state index is 0.110. The molecule has 2 aliphatic heterocycles. The van der Waals surface area contributed by atoms with Crippen molar-refractivity contribution >= 4 is 51.2 Å². The van der Waals surface area contributed by atoms with E-state index in [2.05, 4.69) is 259 Å². The van der Waals surface area contributed by atoms with E-state index < -0.39 is 4.65 Å². The molecule has 10 aromatic rings. The van der Waals surface area contributed by atoms with E-state index in [0.717, 1.165) is 109 Å². The molecule has 0 aromatic heterocycles. The molecule has 2 N–H and O–H groups in total. The van der Waals surface area contributed by atoms with Crippen molar-refractivity contribution in [3.05, 3.63) is 276 Å². The smallest absolute Gasteiger partial charge is 0.151 e. The van der Waals surface area contributed by atoms with Crippen molar-refractivity contribution in [3.8, 4) is 33.4 Å². The van der Waals surface area contributed by atoms with Crippen LogP contribution in [0.1, 0.15) is 34.3 Å². The Morgan fingerprint density at radius 1 is 0.375 bits per heavy atom. The van der Waals surface area contributed by atoms with Gasteiger partial charge in [-0.1, -0.05) is 127 Å². The van der Waals surface area contributed by atoms with Crippen molar-refractivity contribution in [3.63, 3.8) is 0 Å². The van der Waals surface area contributed by atoms with Crippen molar-refractivity contribution in [2.75, 3.05) is 22.9 Å². The third kappa shape index (κ3) is 8.26. The molecule has 350 valence electrons. The molecule has 0 atom stereocenters. The second kappa shape index (κ2) is 19.1. The van der Waals surface area contributed by atoms with Gasteiger partial charge in [0.05, 0.1) is 17.3 Å². The molecule has 0 spiro atoms. The number of hydrogen-bond acceptors (Lipinski definition) is 5. The fourth-order valence-corrected chi connectivity index (χ4v) is 11.0. The van der Waals surface area contributed by atoms with Crippen molar-refractivity contribution in [2.45, 2.75) is 25.9 Å². The SMILES string of the molecule is Cc1cc([N+]2([O-])c3ccc(-c4ccc(N(c5ccccc5)c5ccccc5)cc4)cc3-c3cc(-c4ccc(N(c5ccccc5)c5ccccc5)cc4)ccc32)c(C)cc1C1CNC(c2ccccc2)NC1. The summed E-state index contributed by atoms with van der Waals surface area (Å²) in [5, 5.41) is 23.9. The molecule has 0 amide bonds. The maximum absolute atomic E-state index is 16.4. The van der Waals surface area contributed by atoms with Gasteiger partial charge in [-0.25, -0.2) is 0 Å². The van der Waals surface area contributed by atoms with Gasteiger partial charge < -0.3 is 15.0 Å². The van der Waals surface area contributed by atoms with Crippen LogP contribution < -0.4 is 25.1 Å². The summed E-state index contributed by atoms with van der Waals surface area (Å²) in [6.07, 6.45) is 0.110. The van der Waals surface area contributed by atoms with Gasteiger partial charge >= 0.3 is 0 Å². The first-order valence-corrected chi connectivity index (χ1v) is 25.0. The van der Waals surface area contributed by atoms with Crippen LogP contribution in [-0.4, -0.2) is 13.1 Å². The maximum atomic E-state index is 16.4. The van der Waals surface area contributed by atoms with Gasteiger partial charge in [0.2, 0.25) is 0 Å². The number of fused-ring (bicyclic) bond motifs is 3. The quantitative estimate of drug-likeness (QED) is 0.1000. The van der Waals surface area contributed by atoms with Crippen LogP contribution in [0, 0.1) is 19.1 Å². The van der Waals surface area contributed by atoms with Crippen molar-refractivity contribution < 1.29 is 0 Å². The molecule has 2 heterocycles. The van der Waals surface area contributed by atoms with E-state index in [1.54, 1.807) is 0 Å². The summed E-state index contributed by atoms with van der Waals surface area (Å²) in [6, 6.07) is 87.3. The highest BCUT2D eigenvalue weighted by atomic mass is 16.5. The molecule has 2 aliphatic rings. The van der Waals surface area contributed by atoms with Gasteiger partial charge in [0.15, 0.2) is 11.4 Å². The number of benzene rings is 10. The second-order valence-corrected chi connectivity index (χ2v) is 19.0. The van der Waals surface area contributed by atoms with Crippen molar-refractivity contribution in [1.29, 1.82) is 0 Å². The summed E-state index contributed by atoms with van der Waals surface area (Å²) in [5.41, 5.74) is 19.4. The third-order valence-electron chi connectivity index (χ3n) is 14.6. The second-order valence-electron chi connectivity index (χ2n) is 19.0. The number of para-hydroxylation sites is 4. The van der Waals surface area contributed by atoms with Crippen LogP contribution in [0.4, 0.5) is 51.2 Å². The Kier molecular flexibility index (Phi) is 11.9. The minimum atomic E-state index is -0.667. The predicted octanol–water partition coefficient (Wildman–Crippen LogP) is 17.0. The first kappa shape index (κ1) is 44.8. The molecule has 10 aromatic carbocycles. The van der Waals surface area contributed by atoms with Crippen molar-refractivity contribution in [1.82, 2.24) is 15.3 Å². The largest absolute Gasteiger partial charge is 0.616 e. The zero-order chi connectivity index (χ0) is 48.6. The zero-order valence-electron chi connectivity index (χ0n) is 40.5. The summed E-state index contributed by atoms with van der Waals surface area (Å²) in [5.74, 6) is 0.263. The molecule has 1 fully saturated rings. The average Bonchev–Trinajstić information content (AvgIpc) is 3.70. The Balaban J connectivity index is 0.926. The standard InChI is InChI=1S/C66H55N5O/c1-46-41-65(47(2)40-60(46)53-44-67-66(68-45-53)50-18-8-3-9-19-50)71(72)63-38-32-51(48-28-34-58(35-29-48)69(54-20-10-4-11-21-54)55-22-12-5-13-23-55)42-61(63)62-43-52(33-39-64(62)71)49-30-36-59(37-31-49)70(56-24-14-6-15-25-56)57-26-16-7-17-27-57/h3-43,53,66-68H,44-45H2,1-2H3. The normalized spacial score (nSPS) is 15.6. The molecule has 0 unspecified atom stereocenters. The first-order chi connectivity index (χ1) is 35.4. The van der Waals surface area contributed by atoms with Gasteiger partial charge in [-0.3, -0.25) is 15.3 Å². The molecule has 0 radical (unpaired) electrons. The lowest BCUT2D eigenvalue weighted by molar-refractivity contribution is 0.348. The molecule has 72 heavy (non-hydrogen) atoms. The molecule has 12 rings (SSSR count). The molecule has 1 saturated heterocycles. The number of nitrogens with one attached hydrogen (secondary N) is 2. The molecular formula is C66H55N5O. The van der Waals surface area contributed by atoms with Crippen LogP contribution in [0.25, 0.3) is 33.4 Å². The summed E-state index contributed by atoms with van der Waals surface area (Å²) < 4.78 is -0.667. The summed E-state index contributed by atoms with van der Waals surface area (Å²) >= 11 is 0. The zero-order valence-corrected chi connectivity index (χ0v) is 40.5. The van der Waals surface area contributed by atoms with Crippen molar-refractivity contribution in [2.24, 2.45) is 0 Å². The van der Waals surface area contributed by atoms with E-state index in [9.17, 15) is 0 Å². The number of anilines is 6. The predicted molar refractivity (Wildman–Crippen MR) is 300 cm³/mol. The Bertz CT molecular complexity index is 3230. The fraction of sp³-hybridized carbons (Fsp3) is 0.0909. The van der Waals surface area contributed by atoms with E-state index in [0.29, 0.717) is 0 Å². The van der Waals surface area contributed by atoms with Gasteiger partial charge in [-0.15, -0.1) is 0 Å². The van der Waals surface area contributed by atoms with E-state index >= 15 is 5.21 Å². The number of quaternary nitrogens is 1. The highest BCUT2D eigenvalue weighted by molar-refractivity contribution is 6.02. The van der Waals surface area contributed by atoms with Crippen LogP contribution in [0.2, 0.25) is 0 Å². The van der Waals surface area contributed by atoms with Crippen LogP contribution in [0.3, 0.4) is 0 Å². The highest BCUT2D eigenvalue weighted by Gasteiger charge is 2.41. The number of aryl methyl sites for hydroxylation is 2. The lowest BCUT2D eigenvalue weighted by Gasteiger charge is -2.40. The molecule has 0 aliphatic carbocycles. The minimum Gasteiger partial charge on any atom is -0.616 e. The Morgan fingerprint density at radius 2 is 0.736 bits per heavy atom. The van der Waals surface area contributed by atoms with E-state index in [1.807, 2.05) is 24.3 Å². The number of hydrogen-bond donors (Lipinski definition) is 2. The van der Waals surface area contributed by atoms with Crippen LogP contribution in [-0.2, 0) is 0 Å². The van der Waals surface area contributed by atoms with Gasteiger partial charge in [-0.05, 0) is 156 Å². The van der Waals surface area contributed by atoms with Crippen LogP contribution in [0.5, 0.6) is 0 Å². The first-order valence-electron chi connectivity index (χ1n) is 25.0. The van der Waals surface area contributed by atoms with Crippen LogP contribution in [0.15, 0.2) is 249 Å². The van der Waals surface area contributed by atoms with Gasteiger partial charge in [0.25, 0.3) is 0 Å². The summed E-state index contributed by atoms with van der Waals surface area (Å²) in [6.45, 7) is 5.96. The molecule has 6 nitrogen and oxygen atoms in total. The average molecular weight is 934 g/mol. The topological polar surface area (TPSA) is 53.6 Å². The Labute approximate surface area is 422 Å². The Hall–Kier alpha value is -8.36. The van der Waals surface area contributed by atoms with Gasteiger partial charge in [-0.2, -0.15) is 0 Å². The maximum Gasteiger partial charge on any atom is 0.151 e. The lowest BCUT2D eigenvalue weighted by atomic mass is 9.90. The highest BCUT2D eigenvalue weighted by Crippen LogP contribution is 2.59. The Morgan fingerprint density at radius 3 is 1.14 bits per heavy atom. The van der Waals surface area contributed by atoms with E-state index in [-0.39, 0.29) is 12.1 Å². The monoisotopic (exact) mass is 933 g/mol. The molecule has 6 heteroatoms. The fourth-order valence-electron chi connectivity index (χ4n) is 11.0. The number of nitrogens with zero attached hydrogens (tertiary/aromatic N) is 3.